The lowest BCUT2D eigenvalue weighted by atomic mass is 10.2. The van der Waals surface area contributed by atoms with E-state index in [1.807, 2.05) is 0 Å². The van der Waals surface area contributed by atoms with Gasteiger partial charge in [-0.15, -0.1) is 22.7 Å². The first-order valence-electron chi connectivity index (χ1n) is 6.62. The fourth-order valence-electron chi connectivity index (χ4n) is 2.08. The van der Waals surface area contributed by atoms with Gasteiger partial charge >= 0.3 is 0 Å². The Morgan fingerprint density at radius 2 is 2.10 bits per heavy atom. The Morgan fingerprint density at radius 1 is 1.25 bits per heavy atom. The Labute approximate surface area is 125 Å². The van der Waals surface area contributed by atoms with Crippen LogP contribution < -0.4 is 5.73 Å². The number of benzene rings is 1. The number of hydrogen-bond donors (Lipinski definition) is 1. The monoisotopic (exact) mass is 306 g/mol. The second-order valence-electron chi connectivity index (χ2n) is 4.74. The predicted molar refractivity (Wildman–Crippen MR) is 85.9 cm³/mol. The van der Waals surface area contributed by atoms with Crippen molar-refractivity contribution in [3.8, 4) is 10.6 Å². The van der Waals surface area contributed by atoms with Crippen molar-refractivity contribution in [3.63, 3.8) is 0 Å². The van der Waals surface area contributed by atoms with Gasteiger partial charge in [0.25, 0.3) is 0 Å². The molecule has 2 aromatic heterocycles. The Bertz CT molecular complexity index is 714. The van der Waals surface area contributed by atoms with Crippen LogP contribution in [0.3, 0.4) is 0 Å². The summed E-state index contributed by atoms with van der Waals surface area (Å²) in [7, 11) is 0. The van der Waals surface area contributed by atoms with Crippen LogP contribution in [-0.2, 0) is 6.42 Å². The van der Waals surface area contributed by atoms with Crippen LogP contribution in [0.25, 0.3) is 20.1 Å². The van der Waals surface area contributed by atoms with E-state index in [1.54, 1.807) is 34.8 Å². The molecule has 0 spiro atoms. The SMILES string of the molecule is CCCCc1cc2sc(-c3ccc(N)cc3F)nc2s1. The third-order valence-electron chi connectivity index (χ3n) is 3.14. The molecule has 0 saturated heterocycles. The number of unbranched alkanes of at least 4 members (excludes halogenated alkanes) is 1. The average Bonchev–Trinajstić information content (AvgIpc) is 2.94. The van der Waals surface area contributed by atoms with Gasteiger partial charge < -0.3 is 5.73 Å². The first kappa shape index (κ1) is 13.5. The van der Waals surface area contributed by atoms with E-state index in [1.165, 1.54) is 23.8 Å². The molecular formula is C15H15FN2S2. The van der Waals surface area contributed by atoms with Gasteiger partial charge in [0.1, 0.15) is 15.7 Å². The number of nitrogens with two attached hydrogens (primary N) is 1. The summed E-state index contributed by atoms with van der Waals surface area (Å²) in [5.41, 5.74) is 6.54. The van der Waals surface area contributed by atoms with Crippen LogP contribution in [-0.4, -0.2) is 4.98 Å². The first-order chi connectivity index (χ1) is 9.67. The summed E-state index contributed by atoms with van der Waals surface area (Å²) < 4.78 is 15.1. The normalized spacial score (nSPS) is 11.3. The molecule has 2 nitrogen and oxygen atoms in total. The third-order valence-corrected chi connectivity index (χ3v) is 5.39. The molecule has 104 valence electrons. The van der Waals surface area contributed by atoms with Gasteiger partial charge in [-0.3, -0.25) is 0 Å². The summed E-state index contributed by atoms with van der Waals surface area (Å²) >= 11 is 3.26. The van der Waals surface area contributed by atoms with Gasteiger partial charge in [-0.2, -0.15) is 0 Å². The summed E-state index contributed by atoms with van der Waals surface area (Å²) in [4.78, 5) is 6.93. The fraction of sp³-hybridized carbons (Fsp3) is 0.267. The van der Waals surface area contributed by atoms with Crippen molar-refractivity contribution in [2.45, 2.75) is 26.2 Å². The minimum Gasteiger partial charge on any atom is -0.399 e. The lowest BCUT2D eigenvalue weighted by Gasteiger charge is -1.99. The zero-order chi connectivity index (χ0) is 14.1. The van der Waals surface area contributed by atoms with Crippen LogP contribution in [0.4, 0.5) is 10.1 Å². The Balaban J connectivity index is 1.95. The topological polar surface area (TPSA) is 38.9 Å². The van der Waals surface area contributed by atoms with E-state index in [-0.39, 0.29) is 5.82 Å². The standard InChI is InChI=1S/C15H15FN2S2/c1-2-3-4-10-8-13-15(19-10)18-14(20-13)11-6-5-9(17)7-12(11)16/h5-8H,2-4,17H2,1H3. The highest BCUT2D eigenvalue weighted by Crippen LogP contribution is 2.36. The number of nitrogens with zero attached hydrogens (tertiary/aromatic N) is 1. The Morgan fingerprint density at radius 3 is 2.80 bits per heavy atom. The van der Waals surface area contributed by atoms with E-state index in [4.69, 9.17) is 5.73 Å². The molecule has 2 heterocycles. The molecule has 0 aliphatic rings. The van der Waals surface area contributed by atoms with E-state index in [2.05, 4.69) is 18.0 Å². The molecule has 0 bridgehead atoms. The van der Waals surface area contributed by atoms with Crippen molar-refractivity contribution in [2.75, 3.05) is 5.73 Å². The minimum absolute atomic E-state index is 0.308. The number of aromatic nitrogens is 1. The van der Waals surface area contributed by atoms with E-state index < -0.39 is 0 Å². The van der Waals surface area contributed by atoms with E-state index in [0.717, 1.165) is 21.0 Å². The molecule has 0 atom stereocenters. The van der Waals surface area contributed by atoms with Crippen molar-refractivity contribution < 1.29 is 4.39 Å². The fourth-order valence-corrected chi connectivity index (χ4v) is 4.38. The highest BCUT2D eigenvalue weighted by atomic mass is 32.1. The van der Waals surface area contributed by atoms with Crippen LogP contribution in [0.2, 0.25) is 0 Å². The minimum atomic E-state index is -0.308. The lowest BCUT2D eigenvalue weighted by Crippen LogP contribution is -1.88. The lowest BCUT2D eigenvalue weighted by molar-refractivity contribution is 0.632. The number of nitrogen functional groups attached to an aromatic ring is 1. The molecule has 3 aromatic rings. The molecule has 0 amide bonds. The van der Waals surface area contributed by atoms with Crippen molar-refractivity contribution in [1.29, 1.82) is 0 Å². The van der Waals surface area contributed by atoms with Crippen molar-refractivity contribution >= 4 is 37.9 Å². The third kappa shape index (κ3) is 2.55. The molecule has 0 unspecified atom stereocenters. The number of rotatable bonds is 4. The largest absolute Gasteiger partial charge is 0.399 e. The van der Waals surface area contributed by atoms with Gasteiger partial charge in [-0.05, 0) is 37.1 Å². The Hall–Kier alpha value is -1.46. The molecule has 2 N–H and O–H groups in total. The van der Waals surface area contributed by atoms with Gasteiger partial charge in [-0.1, -0.05) is 13.3 Å². The Kier molecular flexibility index (Phi) is 3.72. The summed E-state index contributed by atoms with van der Waals surface area (Å²) in [5.74, 6) is -0.308. The van der Waals surface area contributed by atoms with Crippen molar-refractivity contribution in [1.82, 2.24) is 4.98 Å². The molecule has 0 fully saturated rings. The summed E-state index contributed by atoms with van der Waals surface area (Å²) in [6, 6.07) is 6.94. The van der Waals surface area contributed by atoms with Crippen molar-refractivity contribution in [2.24, 2.45) is 0 Å². The number of anilines is 1. The van der Waals surface area contributed by atoms with E-state index >= 15 is 0 Å². The van der Waals surface area contributed by atoms with Crippen LogP contribution in [0.15, 0.2) is 24.3 Å². The molecule has 0 saturated carbocycles. The smallest absolute Gasteiger partial charge is 0.135 e. The van der Waals surface area contributed by atoms with Crippen LogP contribution >= 0.6 is 22.7 Å². The van der Waals surface area contributed by atoms with Gasteiger partial charge in [0.05, 0.1) is 4.70 Å². The maximum absolute atomic E-state index is 13.9. The molecule has 0 aliphatic heterocycles. The first-order valence-corrected chi connectivity index (χ1v) is 8.25. The average molecular weight is 306 g/mol. The molecule has 0 radical (unpaired) electrons. The zero-order valence-electron chi connectivity index (χ0n) is 11.1. The molecule has 3 rings (SSSR count). The number of hydrogen-bond acceptors (Lipinski definition) is 4. The van der Waals surface area contributed by atoms with Gasteiger partial charge in [0.15, 0.2) is 0 Å². The highest BCUT2D eigenvalue weighted by molar-refractivity contribution is 7.28. The number of halogens is 1. The molecule has 5 heteroatoms. The summed E-state index contributed by atoms with van der Waals surface area (Å²) in [5, 5.41) is 0.728. The second kappa shape index (κ2) is 5.50. The van der Waals surface area contributed by atoms with E-state index in [9.17, 15) is 4.39 Å². The number of fused-ring (bicyclic) bond motifs is 1. The maximum atomic E-state index is 13.9. The molecule has 1 aromatic carbocycles. The van der Waals surface area contributed by atoms with Crippen LogP contribution in [0, 0.1) is 5.82 Å². The van der Waals surface area contributed by atoms with E-state index in [0.29, 0.717) is 11.3 Å². The number of thiophene rings is 1. The van der Waals surface area contributed by atoms with Crippen LogP contribution in [0.5, 0.6) is 0 Å². The van der Waals surface area contributed by atoms with Gasteiger partial charge in [0.2, 0.25) is 0 Å². The number of thiazole rings is 1. The van der Waals surface area contributed by atoms with Crippen LogP contribution in [0.1, 0.15) is 24.6 Å². The second-order valence-corrected chi connectivity index (χ2v) is 6.89. The molecular weight excluding hydrogens is 291 g/mol. The highest BCUT2D eigenvalue weighted by Gasteiger charge is 2.13. The zero-order valence-corrected chi connectivity index (χ0v) is 12.8. The quantitative estimate of drug-likeness (QED) is 0.682. The maximum Gasteiger partial charge on any atom is 0.135 e. The number of aryl methyl sites for hydroxylation is 1. The predicted octanol–water partition coefficient (Wildman–Crippen LogP) is 5.09. The van der Waals surface area contributed by atoms with Crippen molar-refractivity contribution in [3.05, 3.63) is 35.0 Å². The summed E-state index contributed by atoms with van der Waals surface area (Å²) in [6.07, 6.45) is 3.50. The van der Waals surface area contributed by atoms with Gasteiger partial charge in [-0.25, -0.2) is 9.37 Å². The molecule has 0 aliphatic carbocycles. The molecule has 20 heavy (non-hydrogen) atoms. The van der Waals surface area contributed by atoms with Gasteiger partial charge in [0, 0.05) is 16.1 Å². The summed E-state index contributed by atoms with van der Waals surface area (Å²) in [6.45, 7) is 2.19.